The number of amides is 1. The van der Waals surface area contributed by atoms with Gasteiger partial charge in [-0.15, -0.1) is 0 Å². The number of likely N-dealkylation sites (tertiary alicyclic amines) is 1. The molecule has 1 N–H and O–H groups in total. The summed E-state index contributed by atoms with van der Waals surface area (Å²) in [6, 6.07) is 9.60. The van der Waals surface area contributed by atoms with E-state index in [0.717, 1.165) is 5.69 Å². The second kappa shape index (κ2) is 6.35. The predicted octanol–water partition coefficient (Wildman–Crippen LogP) is 2.75. The summed E-state index contributed by atoms with van der Waals surface area (Å²) < 4.78 is 1.69. The first-order chi connectivity index (χ1) is 11.8. The van der Waals surface area contributed by atoms with Crippen molar-refractivity contribution in [3.8, 4) is 5.69 Å². The van der Waals surface area contributed by atoms with Crippen LogP contribution in [0.4, 0.5) is 0 Å². The van der Waals surface area contributed by atoms with Gasteiger partial charge in [-0.3, -0.25) is 9.59 Å². The summed E-state index contributed by atoms with van der Waals surface area (Å²) in [4.78, 5) is 26.3. The van der Waals surface area contributed by atoms with E-state index >= 15 is 0 Å². The number of carbonyl (C=O) groups is 2. The van der Waals surface area contributed by atoms with Crippen LogP contribution in [0, 0.1) is 18.3 Å². The minimum atomic E-state index is -0.862. The third kappa shape index (κ3) is 2.92. The third-order valence-electron chi connectivity index (χ3n) is 5.27. The Hall–Kier alpha value is -2.63. The van der Waals surface area contributed by atoms with Crippen molar-refractivity contribution in [2.24, 2.45) is 11.3 Å². The van der Waals surface area contributed by atoms with E-state index < -0.39 is 11.4 Å². The molecule has 6 heteroatoms. The number of para-hydroxylation sites is 1. The molecule has 3 rings (SSSR count). The molecule has 1 atom stereocenters. The second-order valence-electron chi connectivity index (χ2n) is 7.00. The van der Waals surface area contributed by atoms with Crippen LogP contribution in [0.3, 0.4) is 0 Å². The number of carbonyl (C=O) groups excluding carboxylic acids is 1. The maximum absolute atomic E-state index is 12.9. The number of carboxylic acids is 1. The van der Waals surface area contributed by atoms with Gasteiger partial charge >= 0.3 is 5.97 Å². The quantitative estimate of drug-likeness (QED) is 0.928. The molecular formula is C19H23N3O3. The molecule has 0 radical (unpaired) electrons. The molecule has 132 valence electrons. The minimum absolute atomic E-state index is 0.0315. The first kappa shape index (κ1) is 17.2. The Morgan fingerprint density at radius 1 is 1.24 bits per heavy atom. The van der Waals surface area contributed by atoms with Crippen molar-refractivity contribution in [1.82, 2.24) is 14.7 Å². The molecule has 0 aliphatic carbocycles. The van der Waals surface area contributed by atoms with Gasteiger partial charge < -0.3 is 10.0 Å². The Balaban J connectivity index is 1.85. The number of rotatable bonds is 4. The third-order valence-corrected chi connectivity index (χ3v) is 5.27. The number of aliphatic carboxylic acids is 1. The van der Waals surface area contributed by atoms with Gasteiger partial charge in [0.25, 0.3) is 5.91 Å². The minimum Gasteiger partial charge on any atom is -0.481 e. The maximum atomic E-state index is 12.9. The molecule has 25 heavy (non-hydrogen) atoms. The fourth-order valence-electron chi connectivity index (χ4n) is 3.45. The summed E-state index contributed by atoms with van der Waals surface area (Å²) in [7, 11) is 0. The first-order valence-electron chi connectivity index (χ1n) is 8.49. The zero-order chi connectivity index (χ0) is 18.2. The van der Waals surface area contributed by atoms with Crippen LogP contribution >= 0.6 is 0 Å². The molecule has 1 aliphatic heterocycles. The molecule has 1 amide bonds. The van der Waals surface area contributed by atoms with E-state index in [0.29, 0.717) is 24.2 Å². The van der Waals surface area contributed by atoms with Crippen LogP contribution in [0.2, 0.25) is 0 Å². The summed E-state index contributed by atoms with van der Waals surface area (Å²) in [6.45, 7) is 6.31. The van der Waals surface area contributed by atoms with Crippen LogP contribution in [0.5, 0.6) is 0 Å². The summed E-state index contributed by atoms with van der Waals surface area (Å²) >= 11 is 0. The Bertz CT molecular complexity index is 798. The van der Waals surface area contributed by atoms with Crippen LogP contribution in [0.25, 0.3) is 5.69 Å². The molecule has 1 fully saturated rings. The molecule has 2 aromatic rings. The SMILES string of the molecule is Cc1nn(-c2ccccc2)cc1C(=O)N1CCC(C(=O)O)(C(C)C)C1. The Morgan fingerprint density at radius 3 is 2.48 bits per heavy atom. The highest BCUT2D eigenvalue weighted by Crippen LogP contribution is 2.38. The molecule has 0 saturated carbocycles. The van der Waals surface area contributed by atoms with Crippen LogP contribution in [0.15, 0.2) is 36.5 Å². The topological polar surface area (TPSA) is 75.4 Å². The fraction of sp³-hybridized carbons (Fsp3) is 0.421. The number of hydrogen-bond acceptors (Lipinski definition) is 3. The van der Waals surface area contributed by atoms with E-state index in [-0.39, 0.29) is 18.4 Å². The largest absolute Gasteiger partial charge is 0.481 e. The van der Waals surface area contributed by atoms with Crippen LogP contribution in [-0.4, -0.2) is 44.8 Å². The highest BCUT2D eigenvalue weighted by molar-refractivity contribution is 5.96. The number of aromatic nitrogens is 2. The van der Waals surface area contributed by atoms with Crippen LogP contribution in [-0.2, 0) is 4.79 Å². The lowest BCUT2D eigenvalue weighted by molar-refractivity contribution is -0.150. The molecule has 0 spiro atoms. The lowest BCUT2D eigenvalue weighted by Crippen LogP contribution is -2.40. The molecule has 1 aromatic heterocycles. The monoisotopic (exact) mass is 341 g/mol. The fourth-order valence-corrected chi connectivity index (χ4v) is 3.45. The zero-order valence-electron chi connectivity index (χ0n) is 14.8. The lowest BCUT2D eigenvalue weighted by atomic mass is 9.76. The molecule has 1 aromatic carbocycles. The molecule has 1 saturated heterocycles. The number of hydrogen-bond donors (Lipinski definition) is 1. The number of benzene rings is 1. The van der Waals surface area contributed by atoms with Gasteiger partial charge in [0, 0.05) is 19.3 Å². The molecule has 0 bridgehead atoms. The van der Waals surface area contributed by atoms with Crippen molar-refractivity contribution in [2.45, 2.75) is 27.2 Å². The Morgan fingerprint density at radius 2 is 1.92 bits per heavy atom. The molecule has 2 heterocycles. The van der Waals surface area contributed by atoms with Gasteiger partial charge in [-0.05, 0) is 31.4 Å². The van der Waals surface area contributed by atoms with E-state index in [2.05, 4.69) is 5.10 Å². The summed E-state index contributed by atoms with van der Waals surface area (Å²) in [5.74, 6) is -1.01. The molecule has 6 nitrogen and oxygen atoms in total. The van der Waals surface area contributed by atoms with E-state index in [1.54, 1.807) is 22.7 Å². The van der Waals surface area contributed by atoms with Crippen molar-refractivity contribution in [3.63, 3.8) is 0 Å². The van der Waals surface area contributed by atoms with Crippen LogP contribution in [0.1, 0.15) is 36.3 Å². The average Bonchev–Trinajstić information content (AvgIpc) is 3.20. The van der Waals surface area contributed by atoms with Gasteiger partial charge in [0.1, 0.15) is 0 Å². The predicted molar refractivity (Wildman–Crippen MR) is 93.7 cm³/mol. The van der Waals surface area contributed by atoms with Crippen molar-refractivity contribution in [3.05, 3.63) is 47.8 Å². The maximum Gasteiger partial charge on any atom is 0.311 e. The van der Waals surface area contributed by atoms with Crippen molar-refractivity contribution >= 4 is 11.9 Å². The average molecular weight is 341 g/mol. The highest BCUT2D eigenvalue weighted by atomic mass is 16.4. The number of aryl methyl sites for hydroxylation is 1. The smallest absolute Gasteiger partial charge is 0.311 e. The van der Waals surface area contributed by atoms with Crippen molar-refractivity contribution < 1.29 is 14.7 Å². The van der Waals surface area contributed by atoms with Gasteiger partial charge in [-0.25, -0.2) is 4.68 Å². The van der Waals surface area contributed by atoms with Gasteiger partial charge in [-0.1, -0.05) is 32.0 Å². The zero-order valence-corrected chi connectivity index (χ0v) is 14.8. The molecule has 1 aliphatic rings. The molecular weight excluding hydrogens is 318 g/mol. The molecule has 1 unspecified atom stereocenters. The number of nitrogens with zero attached hydrogens (tertiary/aromatic N) is 3. The van der Waals surface area contributed by atoms with Crippen molar-refractivity contribution in [2.75, 3.05) is 13.1 Å². The Labute approximate surface area is 147 Å². The highest BCUT2D eigenvalue weighted by Gasteiger charge is 2.48. The van der Waals surface area contributed by atoms with E-state index in [9.17, 15) is 14.7 Å². The van der Waals surface area contributed by atoms with E-state index in [1.807, 2.05) is 44.2 Å². The normalized spacial score (nSPS) is 20.2. The standard InChI is InChI=1S/C19H23N3O3/c1-13(2)19(18(24)25)9-10-21(12-19)17(23)16-11-22(20-14(16)3)15-7-5-4-6-8-15/h4-8,11,13H,9-10,12H2,1-3H3,(H,24,25). The number of carboxylic acid groups (broad SMARTS) is 1. The van der Waals surface area contributed by atoms with Gasteiger partial charge in [0.2, 0.25) is 0 Å². The van der Waals surface area contributed by atoms with Gasteiger partial charge in [0.15, 0.2) is 0 Å². The van der Waals surface area contributed by atoms with E-state index in [4.69, 9.17) is 0 Å². The van der Waals surface area contributed by atoms with Gasteiger partial charge in [-0.2, -0.15) is 5.10 Å². The van der Waals surface area contributed by atoms with Crippen LogP contribution < -0.4 is 0 Å². The summed E-state index contributed by atoms with van der Waals surface area (Å²) in [6.07, 6.45) is 2.21. The summed E-state index contributed by atoms with van der Waals surface area (Å²) in [5, 5.41) is 14.1. The van der Waals surface area contributed by atoms with Gasteiger partial charge in [0.05, 0.1) is 22.4 Å². The Kier molecular flexibility index (Phi) is 4.37. The lowest BCUT2D eigenvalue weighted by Gasteiger charge is -2.28. The van der Waals surface area contributed by atoms with Crippen molar-refractivity contribution in [1.29, 1.82) is 0 Å². The first-order valence-corrected chi connectivity index (χ1v) is 8.49. The van der Waals surface area contributed by atoms with E-state index in [1.165, 1.54) is 0 Å². The summed E-state index contributed by atoms with van der Waals surface area (Å²) in [5.41, 5.74) is 1.19. The second-order valence-corrected chi connectivity index (χ2v) is 7.00.